The average molecular weight is 334 g/mol. The van der Waals surface area contributed by atoms with E-state index >= 15 is 0 Å². The summed E-state index contributed by atoms with van der Waals surface area (Å²) < 4.78 is 1.18. The third kappa shape index (κ3) is 3.45. The molecule has 2 N–H and O–H groups in total. The summed E-state index contributed by atoms with van der Waals surface area (Å²) in [6.45, 7) is 4.09. The van der Waals surface area contributed by atoms with Crippen LogP contribution >= 0.6 is 34.4 Å². The van der Waals surface area contributed by atoms with E-state index in [1.807, 2.05) is 6.92 Å². The number of nitrogens with two attached hydrogens (primary N) is 1. The van der Waals surface area contributed by atoms with Gasteiger partial charge in [0.2, 0.25) is 0 Å². The van der Waals surface area contributed by atoms with Crippen LogP contribution in [0.15, 0.2) is 33.9 Å². The van der Waals surface area contributed by atoms with Crippen molar-refractivity contribution in [1.82, 2.24) is 9.97 Å². The Balaban J connectivity index is 1.70. The molecule has 0 spiro atoms. The standard InChI is InChI=1S/C15H15N3S3/c1-9-3-5-11(6-4-9)13-18-12(7-19-13)8-20-14-10(2)17-15(16)21-14/h3-7H,8H2,1-2H3,(H2,16,17). The molecule has 0 atom stereocenters. The van der Waals surface area contributed by atoms with Gasteiger partial charge in [-0.1, -0.05) is 41.2 Å². The lowest BCUT2D eigenvalue weighted by atomic mass is 10.2. The Kier molecular flexibility index (Phi) is 4.28. The van der Waals surface area contributed by atoms with Crippen molar-refractivity contribution in [2.24, 2.45) is 0 Å². The van der Waals surface area contributed by atoms with Gasteiger partial charge in [-0.15, -0.1) is 23.1 Å². The Morgan fingerprint density at radius 3 is 2.57 bits per heavy atom. The molecule has 3 rings (SSSR count). The average Bonchev–Trinajstić information content (AvgIpc) is 3.04. The Bertz CT molecular complexity index is 744. The summed E-state index contributed by atoms with van der Waals surface area (Å²) in [5, 5.41) is 3.84. The maximum atomic E-state index is 5.72. The Hall–Kier alpha value is -1.37. The second-order valence-corrected chi connectivity index (χ2v) is 7.86. The minimum absolute atomic E-state index is 0.633. The van der Waals surface area contributed by atoms with E-state index in [-0.39, 0.29) is 0 Å². The second kappa shape index (κ2) is 6.17. The van der Waals surface area contributed by atoms with Gasteiger partial charge in [0, 0.05) is 16.7 Å². The zero-order valence-electron chi connectivity index (χ0n) is 11.8. The fraction of sp³-hybridized carbons (Fsp3) is 0.200. The number of hydrogen-bond acceptors (Lipinski definition) is 6. The Labute approximate surface area is 136 Å². The number of hydrogen-bond donors (Lipinski definition) is 1. The molecule has 0 aliphatic carbocycles. The Morgan fingerprint density at radius 2 is 1.90 bits per heavy atom. The van der Waals surface area contributed by atoms with Crippen LogP contribution in [0.4, 0.5) is 5.13 Å². The highest BCUT2D eigenvalue weighted by atomic mass is 32.2. The Morgan fingerprint density at radius 1 is 1.14 bits per heavy atom. The zero-order valence-corrected chi connectivity index (χ0v) is 14.2. The summed E-state index contributed by atoms with van der Waals surface area (Å²) in [4.78, 5) is 8.95. The third-order valence-corrected chi connectivity index (χ3v) is 6.29. The summed E-state index contributed by atoms with van der Waals surface area (Å²) in [7, 11) is 0. The molecule has 0 fully saturated rings. The van der Waals surface area contributed by atoms with Gasteiger partial charge >= 0.3 is 0 Å². The van der Waals surface area contributed by atoms with Crippen molar-refractivity contribution < 1.29 is 0 Å². The molecule has 2 aromatic heterocycles. The van der Waals surface area contributed by atoms with Crippen molar-refractivity contribution in [3.05, 3.63) is 46.6 Å². The van der Waals surface area contributed by atoms with Crippen molar-refractivity contribution >= 4 is 39.6 Å². The van der Waals surface area contributed by atoms with Crippen LogP contribution in [0.2, 0.25) is 0 Å². The maximum Gasteiger partial charge on any atom is 0.181 e. The lowest BCUT2D eigenvalue weighted by Gasteiger charge is -1.97. The van der Waals surface area contributed by atoms with E-state index in [2.05, 4.69) is 41.6 Å². The van der Waals surface area contributed by atoms with Crippen LogP contribution in [0, 0.1) is 13.8 Å². The number of rotatable bonds is 4. The lowest BCUT2D eigenvalue weighted by molar-refractivity contribution is 1.20. The van der Waals surface area contributed by atoms with Crippen molar-refractivity contribution in [2.75, 3.05) is 5.73 Å². The number of nitrogen functional groups attached to an aromatic ring is 1. The summed E-state index contributed by atoms with van der Waals surface area (Å²) in [6.07, 6.45) is 0. The first-order valence-electron chi connectivity index (χ1n) is 6.49. The molecule has 0 aliphatic heterocycles. The predicted molar refractivity (Wildman–Crippen MR) is 93.1 cm³/mol. The van der Waals surface area contributed by atoms with E-state index < -0.39 is 0 Å². The molecule has 0 radical (unpaired) electrons. The SMILES string of the molecule is Cc1ccc(-c2nc(CSc3sc(N)nc3C)cs2)cc1. The summed E-state index contributed by atoms with van der Waals surface area (Å²) in [5.41, 5.74) is 10.3. The monoisotopic (exact) mass is 333 g/mol. The minimum atomic E-state index is 0.633. The van der Waals surface area contributed by atoms with E-state index in [0.29, 0.717) is 5.13 Å². The summed E-state index contributed by atoms with van der Waals surface area (Å²) in [6, 6.07) is 8.49. The normalized spacial score (nSPS) is 11.0. The van der Waals surface area contributed by atoms with Gasteiger partial charge in [-0.25, -0.2) is 9.97 Å². The second-order valence-electron chi connectivity index (χ2n) is 4.72. The summed E-state index contributed by atoms with van der Waals surface area (Å²) >= 11 is 4.99. The van der Waals surface area contributed by atoms with Crippen LogP contribution < -0.4 is 5.73 Å². The first-order chi connectivity index (χ1) is 10.1. The number of aryl methyl sites for hydroxylation is 2. The highest BCUT2D eigenvalue weighted by Crippen LogP contribution is 2.33. The summed E-state index contributed by atoms with van der Waals surface area (Å²) in [5.74, 6) is 0.852. The van der Waals surface area contributed by atoms with E-state index in [9.17, 15) is 0 Å². The van der Waals surface area contributed by atoms with Crippen LogP contribution in [0.3, 0.4) is 0 Å². The first-order valence-corrected chi connectivity index (χ1v) is 9.17. The topological polar surface area (TPSA) is 51.8 Å². The first kappa shape index (κ1) is 14.6. The number of nitrogens with zero attached hydrogens (tertiary/aromatic N) is 2. The number of thioether (sulfide) groups is 1. The molecule has 0 saturated heterocycles. The lowest BCUT2D eigenvalue weighted by Crippen LogP contribution is -1.83. The molecule has 108 valence electrons. The van der Waals surface area contributed by atoms with Gasteiger partial charge in [0.05, 0.1) is 15.6 Å². The van der Waals surface area contributed by atoms with Gasteiger partial charge < -0.3 is 5.73 Å². The molecule has 6 heteroatoms. The van der Waals surface area contributed by atoms with Gasteiger partial charge in [0.1, 0.15) is 5.01 Å². The molecule has 0 saturated carbocycles. The number of benzene rings is 1. The van der Waals surface area contributed by atoms with Crippen molar-refractivity contribution in [3.8, 4) is 10.6 Å². The molecule has 3 nitrogen and oxygen atoms in total. The quantitative estimate of drug-likeness (QED) is 0.700. The molecule has 0 aliphatic rings. The van der Waals surface area contributed by atoms with Crippen LogP contribution in [0.25, 0.3) is 10.6 Å². The molecule has 0 amide bonds. The highest BCUT2D eigenvalue weighted by Gasteiger charge is 2.09. The molecule has 1 aromatic carbocycles. The fourth-order valence-electron chi connectivity index (χ4n) is 1.88. The largest absolute Gasteiger partial charge is 0.375 e. The van der Waals surface area contributed by atoms with Gasteiger partial charge in [0.15, 0.2) is 5.13 Å². The number of thiazole rings is 2. The number of anilines is 1. The molecule has 21 heavy (non-hydrogen) atoms. The van der Waals surface area contributed by atoms with Crippen LogP contribution in [-0.4, -0.2) is 9.97 Å². The van der Waals surface area contributed by atoms with Crippen molar-refractivity contribution in [1.29, 1.82) is 0 Å². The van der Waals surface area contributed by atoms with E-state index in [0.717, 1.165) is 22.1 Å². The van der Waals surface area contributed by atoms with Gasteiger partial charge in [-0.05, 0) is 13.8 Å². The zero-order chi connectivity index (χ0) is 14.8. The van der Waals surface area contributed by atoms with Crippen molar-refractivity contribution in [3.63, 3.8) is 0 Å². The van der Waals surface area contributed by atoms with E-state index in [1.165, 1.54) is 15.3 Å². The van der Waals surface area contributed by atoms with Gasteiger partial charge in [-0.3, -0.25) is 0 Å². The number of aromatic nitrogens is 2. The maximum absolute atomic E-state index is 5.72. The van der Waals surface area contributed by atoms with E-state index in [1.54, 1.807) is 34.4 Å². The third-order valence-electron chi connectivity index (χ3n) is 2.97. The van der Waals surface area contributed by atoms with Gasteiger partial charge in [0.25, 0.3) is 0 Å². The van der Waals surface area contributed by atoms with Gasteiger partial charge in [-0.2, -0.15) is 0 Å². The molecule has 0 unspecified atom stereocenters. The molecule has 2 heterocycles. The smallest absolute Gasteiger partial charge is 0.181 e. The fourth-order valence-corrected chi connectivity index (χ4v) is 4.73. The molecular weight excluding hydrogens is 318 g/mol. The van der Waals surface area contributed by atoms with Crippen molar-refractivity contribution in [2.45, 2.75) is 23.8 Å². The van der Waals surface area contributed by atoms with E-state index in [4.69, 9.17) is 10.7 Å². The minimum Gasteiger partial charge on any atom is -0.375 e. The van der Waals surface area contributed by atoms with Crippen LogP contribution in [-0.2, 0) is 5.75 Å². The molecular formula is C15H15N3S3. The van der Waals surface area contributed by atoms with Crippen LogP contribution in [0.1, 0.15) is 17.0 Å². The highest BCUT2D eigenvalue weighted by molar-refractivity contribution is 8.00. The van der Waals surface area contributed by atoms with Crippen LogP contribution in [0.5, 0.6) is 0 Å². The predicted octanol–water partition coefficient (Wildman–Crippen LogP) is 4.76. The molecule has 3 aromatic rings. The molecule has 0 bridgehead atoms.